The second-order valence-corrected chi connectivity index (χ2v) is 6.35. The minimum atomic E-state index is -4.18. The maximum atomic E-state index is 11.4. The normalized spacial score (nSPS) is 11.2. The lowest BCUT2D eigenvalue weighted by atomic mass is 10.2. The molecule has 0 atom stereocenters. The number of halogens is 1. The summed E-state index contributed by atoms with van der Waals surface area (Å²) in [6.45, 7) is 1.83. The topological polar surface area (TPSA) is 113 Å². The van der Waals surface area contributed by atoms with Crippen molar-refractivity contribution in [2.24, 2.45) is 5.14 Å². The summed E-state index contributed by atoms with van der Waals surface area (Å²) in [7, 11) is -4.18. The summed E-state index contributed by atoms with van der Waals surface area (Å²) in [6.07, 6.45) is 0. The van der Waals surface area contributed by atoms with E-state index in [2.05, 4.69) is 0 Å². The highest BCUT2D eigenvalue weighted by Crippen LogP contribution is 2.40. The summed E-state index contributed by atoms with van der Waals surface area (Å²) in [5.74, 6) is 0.190. The molecule has 0 saturated carbocycles. The molecule has 0 aromatic heterocycles. The lowest BCUT2D eigenvalue weighted by molar-refractivity contribution is -0.385. The summed E-state index contributed by atoms with van der Waals surface area (Å²) in [5.41, 5.74) is 0.238. The SMILES string of the molecule is Cc1cccc(Oc2ccc(S(N)(=O)=O)c(Cl)c2[N+](=O)[O-])c1. The number of hydrogen-bond acceptors (Lipinski definition) is 5. The zero-order valence-corrected chi connectivity index (χ0v) is 12.9. The predicted octanol–water partition coefficient (Wildman–Crippen LogP) is 3.00. The van der Waals surface area contributed by atoms with Gasteiger partial charge in [0.05, 0.1) is 4.92 Å². The van der Waals surface area contributed by atoms with Crippen molar-refractivity contribution in [3.05, 3.63) is 57.1 Å². The number of benzene rings is 2. The van der Waals surface area contributed by atoms with Crippen molar-refractivity contribution in [3.63, 3.8) is 0 Å². The largest absolute Gasteiger partial charge is 0.450 e. The van der Waals surface area contributed by atoms with E-state index in [1.807, 2.05) is 13.0 Å². The summed E-state index contributed by atoms with van der Waals surface area (Å²) in [6, 6.07) is 9.04. The van der Waals surface area contributed by atoms with E-state index in [4.69, 9.17) is 21.5 Å². The molecule has 116 valence electrons. The molecular formula is C13H11ClN2O5S. The van der Waals surface area contributed by atoms with Crippen molar-refractivity contribution in [3.8, 4) is 11.5 Å². The number of ether oxygens (including phenoxy) is 1. The fourth-order valence-electron chi connectivity index (χ4n) is 1.81. The molecule has 2 rings (SSSR count). The molecule has 2 aromatic rings. The van der Waals surface area contributed by atoms with Gasteiger partial charge < -0.3 is 4.74 Å². The zero-order chi connectivity index (χ0) is 16.5. The standard InChI is InChI=1S/C13H11ClN2O5S/c1-8-3-2-4-9(7-8)21-10-5-6-11(22(15,19)20)12(14)13(10)16(17)18/h2-7H,1H3,(H2,15,19,20). The molecule has 7 nitrogen and oxygen atoms in total. The van der Waals surface area contributed by atoms with Crippen LogP contribution in [0.4, 0.5) is 5.69 Å². The van der Waals surface area contributed by atoms with Crippen molar-refractivity contribution in [1.82, 2.24) is 0 Å². The highest BCUT2D eigenvalue weighted by molar-refractivity contribution is 7.89. The monoisotopic (exact) mass is 342 g/mol. The van der Waals surface area contributed by atoms with Gasteiger partial charge in [0, 0.05) is 0 Å². The molecule has 0 spiro atoms. The second kappa shape index (κ2) is 5.91. The third kappa shape index (κ3) is 3.35. The lowest BCUT2D eigenvalue weighted by Gasteiger charge is -2.09. The number of primary sulfonamides is 1. The Labute approximate surface area is 131 Å². The molecule has 0 radical (unpaired) electrons. The van der Waals surface area contributed by atoms with E-state index in [0.29, 0.717) is 5.75 Å². The Morgan fingerprint density at radius 3 is 2.50 bits per heavy atom. The first-order valence-electron chi connectivity index (χ1n) is 5.94. The van der Waals surface area contributed by atoms with E-state index in [1.165, 1.54) is 0 Å². The van der Waals surface area contributed by atoms with Gasteiger partial charge in [-0.25, -0.2) is 13.6 Å². The fourth-order valence-corrected chi connectivity index (χ4v) is 2.96. The number of nitrogens with two attached hydrogens (primary N) is 1. The quantitative estimate of drug-likeness (QED) is 0.677. The number of nitro groups is 1. The minimum Gasteiger partial charge on any atom is -0.450 e. The van der Waals surface area contributed by atoms with Crippen molar-refractivity contribution in [2.45, 2.75) is 11.8 Å². The molecule has 0 unspecified atom stereocenters. The van der Waals surface area contributed by atoms with E-state index in [1.54, 1.807) is 18.2 Å². The predicted molar refractivity (Wildman–Crippen MR) is 80.7 cm³/mol. The van der Waals surface area contributed by atoms with Gasteiger partial charge in [0.2, 0.25) is 15.8 Å². The summed E-state index contributed by atoms with van der Waals surface area (Å²) in [5, 5.41) is 15.6. The molecule has 0 aliphatic heterocycles. The Kier molecular flexibility index (Phi) is 4.36. The van der Waals surface area contributed by atoms with Crippen LogP contribution in [-0.4, -0.2) is 13.3 Å². The van der Waals surface area contributed by atoms with E-state index in [9.17, 15) is 18.5 Å². The second-order valence-electron chi connectivity index (χ2n) is 4.45. The number of nitrogens with zero attached hydrogens (tertiary/aromatic N) is 1. The third-order valence-corrected chi connectivity index (χ3v) is 4.20. The number of aryl methyl sites for hydroxylation is 1. The van der Waals surface area contributed by atoms with Crippen LogP contribution in [0.1, 0.15) is 5.56 Å². The molecule has 0 bridgehead atoms. The lowest BCUT2D eigenvalue weighted by Crippen LogP contribution is -2.13. The third-order valence-electron chi connectivity index (χ3n) is 2.75. The molecule has 2 aromatic carbocycles. The van der Waals surface area contributed by atoms with Crippen LogP contribution in [0.15, 0.2) is 41.3 Å². The molecule has 0 heterocycles. The van der Waals surface area contributed by atoms with Crippen molar-refractivity contribution in [2.75, 3.05) is 0 Å². The molecule has 0 saturated heterocycles. The Morgan fingerprint density at radius 2 is 1.95 bits per heavy atom. The molecule has 0 aliphatic rings. The highest BCUT2D eigenvalue weighted by Gasteiger charge is 2.28. The van der Waals surface area contributed by atoms with Gasteiger partial charge in [-0.1, -0.05) is 23.7 Å². The van der Waals surface area contributed by atoms with E-state index in [0.717, 1.165) is 17.7 Å². The van der Waals surface area contributed by atoms with Crippen LogP contribution in [0, 0.1) is 17.0 Å². The van der Waals surface area contributed by atoms with E-state index >= 15 is 0 Å². The van der Waals surface area contributed by atoms with Gasteiger partial charge in [-0.05, 0) is 36.8 Å². The number of nitro benzene ring substituents is 1. The van der Waals surface area contributed by atoms with Crippen molar-refractivity contribution in [1.29, 1.82) is 0 Å². The van der Waals surface area contributed by atoms with Gasteiger partial charge in [-0.15, -0.1) is 0 Å². The maximum absolute atomic E-state index is 11.4. The summed E-state index contributed by atoms with van der Waals surface area (Å²) in [4.78, 5) is 9.84. The van der Waals surface area contributed by atoms with Crippen LogP contribution in [0.2, 0.25) is 5.02 Å². The Balaban J connectivity index is 2.58. The first-order valence-corrected chi connectivity index (χ1v) is 7.87. The van der Waals surface area contributed by atoms with Crippen molar-refractivity contribution < 1.29 is 18.1 Å². The molecule has 0 amide bonds. The first-order chi connectivity index (χ1) is 10.2. The maximum Gasteiger partial charge on any atom is 0.331 e. The van der Waals surface area contributed by atoms with Gasteiger partial charge >= 0.3 is 5.69 Å². The zero-order valence-electron chi connectivity index (χ0n) is 11.3. The molecule has 2 N–H and O–H groups in total. The van der Waals surface area contributed by atoms with E-state index < -0.39 is 30.6 Å². The average Bonchev–Trinajstić information content (AvgIpc) is 2.36. The van der Waals surface area contributed by atoms with Crippen LogP contribution in [0.25, 0.3) is 0 Å². The van der Waals surface area contributed by atoms with Crippen LogP contribution in [-0.2, 0) is 10.0 Å². The van der Waals surface area contributed by atoms with Gasteiger partial charge in [-0.3, -0.25) is 10.1 Å². The van der Waals surface area contributed by atoms with Gasteiger partial charge in [0.15, 0.2) is 0 Å². The molecule has 9 heteroatoms. The molecule has 0 aliphatic carbocycles. The molecule has 22 heavy (non-hydrogen) atoms. The number of hydrogen-bond donors (Lipinski definition) is 1. The van der Waals surface area contributed by atoms with E-state index in [-0.39, 0.29) is 5.75 Å². The average molecular weight is 343 g/mol. The highest BCUT2D eigenvalue weighted by atomic mass is 35.5. The first kappa shape index (κ1) is 16.2. The smallest absolute Gasteiger partial charge is 0.331 e. The van der Waals surface area contributed by atoms with Gasteiger partial charge in [-0.2, -0.15) is 0 Å². The summed E-state index contributed by atoms with van der Waals surface area (Å²) < 4.78 is 28.2. The van der Waals surface area contributed by atoms with Crippen LogP contribution < -0.4 is 9.88 Å². The van der Waals surface area contributed by atoms with Crippen LogP contribution in [0.3, 0.4) is 0 Å². The van der Waals surface area contributed by atoms with Crippen molar-refractivity contribution >= 4 is 27.3 Å². The Hall–Kier alpha value is -2.16. The molecular weight excluding hydrogens is 332 g/mol. The van der Waals surface area contributed by atoms with Gasteiger partial charge in [0.1, 0.15) is 15.7 Å². The summed E-state index contributed by atoms with van der Waals surface area (Å²) >= 11 is 5.81. The Morgan fingerprint density at radius 1 is 1.27 bits per heavy atom. The number of sulfonamides is 1. The minimum absolute atomic E-state index is 0.173. The fraction of sp³-hybridized carbons (Fsp3) is 0.0769. The van der Waals surface area contributed by atoms with Crippen LogP contribution in [0.5, 0.6) is 11.5 Å². The van der Waals surface area contributed by atoms with Gasteiger partial charge in [0.25, 0.3) is 0 Å². The Bertz CT molecular complexity index is 852. The molecule has 0 fully saturated rings. The number of rotatable bonds is 4. The van der Waals surface area contributed by atoms with Crippen LogP contribution >= 0.6 is 11.6 Å².